The fraction of sp³-hybridized carbons (Fsp3) is 0.294. The van der Waals surface area contributed by atoms with Crippen molar-refractivity contribution < 1.29 is 22.6 Å². The van der Waals surface area contributed by atoms with E-state index in [-0.39, 0.29) is 12.4 Å². The molecule has 1 N–H and O–H groups in total. The minimum absolute atomic E-state index is 0.148. The summed E-state index contributed by atoms with van der Waals surface area (Å²) in [5, 5.41) is 3.20. The number of hydrogen-bond acceptors (Lipinski definition) is 3. The van der Waals surface area contributed by atoms with E-state index >= 15 is 0 Å². The van der Waals surface area contributed by atoms with Gasteiger partial charge in [0, 0.05) is 6.54 Å². The van der Waals surface area contributed by atoms with E-state index < -0.39 is 17.8 Å². The van der Waals surface area contributed by atoms with Gasteiger partial charge < -0.3 is 14.8 Å². The van der Waals surface area contributed by atoms with Crippen molar-refractivity contribution in [2.45, 2.75) is 18.6 Å². The first-order valence-electron chi connectivity index (χ1n) is 7.36. The molecule has 0 aliphatic carbocycles. The second-order valence-corrected chi connectivity index (χ2v) is 5.63. The second-order valence-electron chi connectivity index (χ2n) is 5.63. The van der Waals surface area contributed by atoms with Crippen LogP contribution in [0.3, 0.4) is 0 Å². The van der Waals surface area contributed by atoms with Crippen molar-refractivity contribution >= 4 is 0 Å². The Hall–Kier alpha value is -2.21. The van der Waals surface area contributed by atoms with E-state index in [0.29, 0.717) is 18.0 Å². The number of alkyl halides is 3. The molecule has 2 aromatic carbocycles. The first-order chi connectivity index (χ1) is 11.0. The molecule has 2 aliphatic heterocycles. The molecule has 0 bridgehead atoms. The van der Waals surface area contributed by atoms with Crippen LogP contribution in [0.25, 0.3) is 0 Å². The molecule has 0 aromatic heterocycles. The van der Waals surface area contributed by atoms with Crippen molar-refractivity contribution in [1.29, 1.82) is 0 Å². The molecule has 0 saturated carbocycles. The van der Waals surface area contributed by atoms with Gasteiger partial charge in [-0.1, -0.05) is 18.2 Å². The summed E-state index contributed by atoms with van der Waals surface area (Å²) in [5.41, 5.74) is 1.44. The normalized spacial score (nSPS) is 19.5. The van der Waals surface area contributed by atoms with Crippen molar-refractivity contribution in [3.8, 4) is 11.5 Å². The molecule has 1 atom stereocenters. The molecular weight excluding hydrogens is 307 g/mol. The summed E-state index contributed by atoms with van der Waals surface area (Å²) < 4.78 is 50.7. The number of hydrogen-bond donors (Lipinski definition) is 1. The Morgan fingerprint density at radius 2 is 1.74 bits per heavy atom. The van der Waals surface area contributed by atoms with Crippen LogP contribution in [0.1, 0.15) is 28.3 Å². The minimum atomic E-state index is -4.38. The van der Waals surface area contributed by atoms with Crippen LogP contribution < -0.4 is 14.8 Å². The van der Waals surface area contributed by atoms with E-state index in [0.717, 1.165) is 23.6 Å². The third kappa shape index (κ3) is 2.43. The Balaban J connectivity index is 1.84. The Bertz CT molecular complexity index is 758. The predicted octanol–water partition coefficient (Wildman–Crippen LogP) is 3.67. The Labute approximate surface area is 131 Å². The number of nitrogens with one attached hydrogen (secondary N) is 1. The molecule has 2 heterocycles. The van der Waals surface area contributed by atoms with E-state index in [1.807, 2.05) is 6.07 Å². The maximum Gasteiger partial charge on any atom is 0.416 e. The van der Waals surface area contributed by atoms with E-state index in [4.69, 9.17) is 9.47 Å². The summed E-state index contributed by atoms with van der Waals surface area (Å²) in [6.45, 7) is 0.763. The third-order valence-corrected chi connectivity index (χ3v) is 4.27. The molecule has 2 aliphatic rings. The largest absolute Gasteiger partial charge is 0.454 e. The summed E-state index contributed by atoms with van der Waals surface area (Å²) in [5.74, 6) is 1.25. The molecule has 4 rings (SSSR count). The van der Waals surface area contributed by atoms with Crippen molar-refractivity contribution in [1.82, 2.24) is 5.32 Å². The highest BCUT2D eigenvalue weighted by Gasteiger charge is 2.36. The molecule has 0 fully saturated rings. The summed E-state index contributed by atoms with van der Waals surface area (Å²) in [6, 6.07) is 8.86. The fourth-order valence-corrected chi connectivity index (χ4v) is 3.23. The van der Waals surface area contributed by atoms with E-state index in [1.165, 1.54) is 12.1 Å². The summed E-state index contributed by atoms with van der Waals surface area (Å²) in [6.07, 6.45) is -3.64. The highest BCUT2D eigenvalue weighted by atomic mass is 19.4. The maximum atomic E-state index is 13.3. The molecule has 23 heavy (non-hydrogen) atoms. The quantitative estimate of drug-likeness (QED) is 0.869. The predicted molar refractivity (Wildman–Crippen MR) is 77.6 cm³/mol. The van der Waals surface area contributed by atoms with Crippen molar-refractivity contribution in [2.75, 3.05) is 13.3 Å². The molecule has 0 radical (unpaired) electrons. The molecule has 2 aromatic rings. The molecule has 0 saturated heterocycles. The van der Waals surface area contributed by atoms with Gasteiger partial charge in [-0.15, -0.1) is 0 Å². The lowest BCUT2D eigenvalue weighted by atomic mass is 9.87. The maximum absolute atomic E-state index is 13.3. The van der Waals surface area contributed by atoms with Crippen LogP contribution in [-0.2, 0) is 12.6 Å². The lowest BCUT2D eigenvalue weighted by Gasteiger charge is -2.29. The first-order valence-corrected chi connectivity index (χ1v) is 7.36. The highest BCUT2D eigenvalue weighted by Crippen LogP contribution is 2.42. The van der Waals surface area contributed by atoms with Gasteiger partial charge in [0.25, 0.3) is 0 Å². The fourth-order valence-electron chi connectivity index (χ4n) is 3.23. The third-order valence-electron chi connectivity index (χ3n) is 4.27. The monoisotopic (exact) mass is 321 g/mol. The standard InChI is InChI=1S/C17H14F3NO2/c18-17(19,20)13-4-2-1-3-11(13)16-12-8-15-14(22-9-23-15)7-10(12)5-6-21-16/h1-4,7-8,16,21H,5-6,9H2. The SMILES string of the molecule is FC(F)(F)c1ccccc1C1NCCc2cc3c(cc21)OCO3. The van der Waals surface area contributed by atoms with Crippen molar-refractivity contribution in [3.63, 3.8) is 0 Å². The van der Waals surface area contributed by atoms with Crippen LogP contribution >= 0.6 is 0 Å². The van der Waals surface area contributed by atoms with Gasteiger partial charge in [0.05, 0.1) is 11.6 Å². The molecular formula is C17H14F3NO2. The molecule has 3 nitrogen and oxygen atoms in total. The average molecular weight is 321 g/mol. The topological polar surface area (TPSA) is 30.5 Å². The van der Waals surface area contributed by atoms with Crippen LogP contribution in [0.4, 0.5) is 13.2 Å². The molecule has 0 amide bonds. The van der Waals surface area contributed by atoms with E-state index in [1.54, 1.807) is 12.1 Å². The van der Waals surface area contributed by atoms with Gasteiger partial charge in [-0.25, -0.2) is 0 Å². The lowest BCUT2D eigenvalue weighted by molar-refractivity contribution is -0.138. The van der Waals surface area contributed by atoms with Crippen LogP contribution in [0.15, 0.2) is 36.4 Å². The number of benzene rings is 2. The van der Waals surface area contributed by atoms with Gasteiger partial charge in [0.1, 0.15) is 0 Å². The summed E-state index contributed by atoms with van der Waals surface area (Å²) in [7, 11) is 0. The Morgan fingerprint density at radius 1 is 1.00 bits per heavy atom. The van der Waals surface area contributed by atoms with Gasteiger partial charge in [0.2, 0.25) is 6.79 Å². The van der Waals surface area contributed by atoms with Crippen LogP contribution in [0.2, 0.25) is 0 Å². The molecule has 120 valence electrons. The smallest absolute Gasteiger partial charge is 0.416 e. The Morgan fingerprint density at radius 3 is 2.52 bits per heavy atom. The number of halogens is 3. The zero-order valence-electron chi connectivity index (χ0n) is 12.1. The lowest BCUT2D eigenvalue weighted by Crippen LogP contribution is -2.32. The summed E-state index contributed by atoms with van der Waals surface area (Å²) >= 11 is 0. The van der Waals surface area contributed by atoms with E-state index in [2.05, 4.69) is 5.32 Å². The van der Waals surface area contributed by atoms with Crippen LogP contribution in [0, 0.1) is 0 Å². The zero-order valence-corrected chi connectivity index (χ0v) is 12.1. The van der Waals surface area contributed by atoms with Gasteiger partial charge in [-0.05, 0) is 41.3 Å². The van der Waals surface area contributed by atoms with Gasteiger partial charge in [0.15, 0.2) is 11.5 Å². The number of rotatable bonds is 1. The average Bonchev–Trinajstić information content (AvgIpc) is 2.98. The molecule has 6 heteroatoms. The number of ether oxygens (including phenoxy) is 2. The van der Waals surface area contributed by atoms with Crippen molar-refractivity contribution in [2.24, 2.45) is 0 Å². The van der Waals surface area contributed by atoms with Gasteiger partial charge in [-0.3, -0.25) is 0 Å². The van der Waals surface area contributed by atoms with Crippen molar-refractivity contribution in [3.05, 3.63) is 58.7 Å². The van der Waals surface area contributed by atoms with E-state index in [9.17, 15) is 13.2 Å². The summed E-state index contributed by atoms with van der Waals surface area (Å²) in [4.78, 5) is 0. The van der Waals surface area contributed by atoms with Crippen LogP contribution in [0.5, 0.6) is 11.5 Å². The molecule has 0 spiro atoms. The van der Waals surface area contributed by atoms with Crippen LogP contribution in [-0.4, -0.2) is 13.3 Å². The first kappa shape index (κ1) is 14.4. The zero-order chi connectivity index (χ0) is 16.0. The minimum Gasteiger partial charge on any atom is -0.454 e. The van der Waals surface area contributed by atoms with Gasteiger partial charge >= 0.3 is 6.18 Å². The van der Waals surface area contributed by atoms with Gasteiger partial charge in [-0.2, -0.15) is 13.2 Å². The molecule has 1 unspecified atom stereocenters. The Kier molecular flexibility index (Phi) is 3.23. The highest BCUT2D eigenvalue weighted by molar-refractivity contribution is 5.53. The second kappa shape index (κ2) is 5.16. The number of fused-ring (bicyclic) bond motifs is 2.